The van der Waals surface area contributed by atoms with E-state index < -0.39 is 0 Å². The zero-order valence-electron chi connectivity index (χ0n) is 19.5. The van der Waals surface area contributed by atoms with E-state index in [0.29, 0.717) is 0 Å². The van der Waals surface area contributed by atoms with Gasteiger partial charge < -0.3 is 0 Å². The molecule has 34 heavy (non-hydrogen) atoms. The Morgan fingerprint density at radius 2 is 0.265 bits per heavy atom. The average Bonchev–Trinajstić information content (AvgIpc) is 2.84. The summed E-state index contributed by atoms with van der Waals surface area (Å²) in [4.78, 5) is 0. The molecule has 0 aromatic heterocycles. The first kappa shape index (κ1) is 25.8. The Hall–Kier alpha value is -4.42. The fraction of sp³-hybridized carbons (Fsp3) is 0. The highest BCUT2D eigenvalue weighted by atomic mass is 13.9. The second-order valence-corrected chi connectivity index (χ2v) is 6.97. The Labute approximate surface area is 204 Å². The molecule has 2 aromatic rings. The SMILES string of the molecule is c1ccccccccc2ccccccccccccccccc2ccccccc1. The maximum Gasteiger partial charge on any atom is -0.0184 e. The van der Waals surface area contributed by atoms with Crippen LogP contribution in [0.1, 0.15) is 0 Å². The van der Waals surface area contributed by atoms with E-state index in [1.54, 1.807) is 0 Å². The number of hydrogen-bond donors (Lipinski definition) is 0. The summed E-state index contributed by atoms with van der Waals surface area (Å²) in [6, 6.07) is 65.1. The monoisotopic (exact) mass is 440 g/mol. The number of rotatable bonds is 0. The molecule has 0 unspecified atom stereocenters. The van der Waals surface area contributed by atoms with Crippen LogP contribution in [0.3, 0.4) is 0 Å². The zero-order chi connectivity index (χ0) is 23.8. The van der Waals surface area contributed by atoms with Crippen LogP contribution < -0.4 is 0 Å². The second-order valence-electron chi connectivity index (χ2n) is 6.97. The molecule has 0 amide bonds. The smallest absolute Gasteiger partial charge is 0.0184 e. The van der Waals surface area contributed by atoms with E-state index in [1.807, 2.05) is 146 Å². The van der Waals surface area contributed by atoms with Gasteiger partial charge in [0.1, 0.15) is 0 Å². The summed E-state index contributed by atoms with van der Waals surface area (Å²) in [5.74, 6) is 0. The molecule has 0 saturated heterocycles. The van der Waals surface area contributed by atoms with Crippen LogP contribution in [0.5, 0.6) is 0 Å². The van der Waals surface area contributed by atoms with Crippen LogP contribution in [0, 0.1) is 0 Å². The Kier molecular flexibility index (Phi) is 14.7. The van der Waals surface area contributed by atoms with Crippen molar-refractivity contribution in [3.05, 3.63) is 194 Å². The molecule has 0 aliphatic heterocycles. The lowest BCUT2D eigenvalue weighted by atomic mass is 10.2. The minimum Gasteiger partial charge on any atom is -0.0623 e. The summed E-state index contributed by atoms with van der Waals surface area (Å²) in [5, 5.41) is 2.21. The Bertz CT molecular complexity index is 1030. The fourth-order valence-corrected chi connectivity index (χ4v) is 2.67. The van der Waals surface area contributed by atoms with Crippen LogP contribution in [-0.4, -0.2) is 0 Å². The first-order valence-electron chi connectivity index (χ1n) is 11.4. The topological polar surface area (TPSA) is 0 Å². The lowest BCUT2D eigenvalue weighted by molar-refractivity contribution is 1.73. The van der Waals surface area contributed by atoms with Crippen molar-refractivity contribution in [2.45, 2.75) is 0 Å². The van der Waals surface area contributed by atoms with Crippen molar-refractivity contribution < 1.29 is 0 Å². The van der Waals surface area contributed by atoms with Crippen LogP contribution in [0.2, 0.25) is 0 Å². The standard InChI is InChI=1S/C34H32/c1-2-6-10-14-18-22-26-30-34-32-28-24-20-16-12-8-4-3-7-11-15-19-23-27-31-33(34)29-25-21-17-13-9-5-1/h1-32H. The summed E-state index contributed by atoms with van der Waals surface area (Å²) < 4.78 is 0. The van der Waals surface area contributed by atoms with Crippen LogP contribution in [0.15, 0.2) is 194 Å². The van der Waals surface area contributed by atoms with Crippen LogP contribution in [0.4, 0.5) is 0 Å². The van der Waals surface area contributed by atoms with Gasteiger partial charge in [0, 0.05) is 0 Å². The Morgan fingerprint density at radius 1 is 0.147 bits per heavy atom. The number of hydrogen-bond acceptors (Lipinski definition) is 0. The largest absolute Gasteiger partial charge is 0.0623 e. The molecule has 0 radical (unpaired) electrons. The highest BCUT2D eigenvalue weighted by Gasteiger charge is 1.80. The van der Waals surface area contributed by atoms with Gasteiger partial charge in [-0.2, -0.15) is 0 Å². The lowest BCUT2D eigenvalue weighted by Crippen LogP contribution is -1.61. The van der Waals surface area contributed by atoms with Gasteiger partial charge in [0.05, 0.1) is 0 Å². The van der Waals surface area contributed by atoms with Gasteiger partial charge in [-0.3, -0.25) is 0 Å². The maximum atomic E-state index is 2.12. The van der Waals surface area contributed by atoms with E-state index in [9.17, 15) is 0 Å². The third-order valence-corrected chi connectivity index (χ3v) is 4.33. The molecule has 2 rings (SSSR count). The molecule has 0 heterocycles. The van der Waals surface area contributed by atoms with Crippen molar-refractivity contribution in [3.63, 3.8) is 0 Å². The van der Waals surface area contributed by atoms with Crippen molar-refractivity contribution in [1.82, 2.24) is 0 Å². The molecule has 0 heteroatoms. The first-order valence-corrected chi connectivity index (χ1v) is 11.4. The molecule has 0 bridgehead atoms. The zero-order valence-corrected chi connectivity index (χ0v) is 19.5. The molecule has 168 valence electrons. The molecule has 0 spiro atoms. The molecular weight excluding hydrogens is 408 g/mol. The van der Waals surface area contributed by atoms with Gasteiger partial charge in [-0.25, -0.2) is 0 Å². The highest BCUT2D eigenvalue weighted by molar-refractivity contribution is 5.79. The summed E-state index contributed by atoms with van der Waals surface area (Å²) in [5.41, 5.74) is 0. The molecule has 0 N–H and O–H groups in total. The van der Waals surface area contributed by atoms with Crippen LogP contribution >= 0.6 is 0 Å². The summed E-state index contributed by atoms with van der Waals surface area (Å²) in [7, 11) is 0. The molecule has 0 atom stereocenters. The van der Waals surface area contributed by atoms with E-state index in [2.05, 4.69) is 48.5 Å². The van der Waals surface area contributed by atoms with Crippen molar-refractivity contribution in [2.24, 2.45) is 0 Å². The molecule has 0 aliphatic carbocycles. The lowest BCUT2D eigenvalue weighted by Gasteiger charge is -1.87. The van der Waals surface area contributed by atoms with Gasteiger partial charge >= 0.3 is 0 Å². The molecule has 2 aromatic carbocycles. The van der Waals surface area contributed by atoms with E-state index in [1.165, 1.54) is 0 Å². The third kappa shape index (κ3) is 13.8. The summed E-state index contributed by atoms with van der Waals surface area (Å²) in [6.07, 6.45) is 0. The van der Waals surface area contributed by atoms with Gasteiger partial charge in [-0.05, 0) is 10.8 Å². The second kappa shape index (κ2) is 19.3. The Balaban J connectivity index is 2.79. The third-order valence-electron chi connectivity index (χ3n) is 4.33. The van der Waals surface area contributed by atoms with E-state index >= 15 is 0 Å². The van der Waals surface area contributed by atoms with Crippen molar-refractivity contribution in [3.8, 4) is 0 Å². The fourth-order valence-electron chi connectivity index (χ4n) is 2.67. The van der Waals surface area contributed by atoms with E-state index in [0.717, 1.165) is 10.8 Å². The van der Waals surface area contributed by atoms with Crippen LogP contribution in [0.25, 0.3) is 10.8 Å². The normalized spacial score (nSPS) is 8.59. The predicted octanol–water partition coefficient (Wildman–Crippen LogP) is 9.59. The van der Waals surface area contributed by atoms with Crippen molar-refractivity contribution in [1.29, 1.82) is 0 Å². The van der Waals surface area contributed by atoms with Gasteiger partial charge in [0.2, 0.25) is 0 Å². The van der Waals surface area contributed by atoms with Gasteiger partial charge in [-0.1, -0.05) is 194 Å². The molecular formula is C34H32. The molecule has 0 aliphatic rings. The van der Waals surface area contributed by atoms with Crippen LogP contribution in [-0.2, 0) is 0 Å². The minimum absolute atomic E-state index is 1.11. The molecule has 0 fully saturated rings. The van der Waals surface area contributed by atoms with Gasteiger partial charge in [-0.15, -0.1) is 0 Å². The van der Waals surface area contributed by atoms with Gasteiger partial charge in [0.15, 0.2) is 0 Å². The first-order chi connectivity index (χ1) is 17.0. The van der Waals surface area contributed by atoms with Crippen molar-refractivity contribution >= 4 is 10.8 Å². The summed E-state index contributed by atoms with van der Waals surface area (Å²) >= 11 is 0. The summed E-state index contributed by atoms with van der Waals surface area (Å²) in [6.45, 7) is 0. The van der Waals surface area contributed by atoms with E-state index in [4.69, 9.17) is 0 Å². The quantitative estimate of drug-likeness (QED) is 0.382. The predicted molar refractivity (Wildman–Crippen MR) is 150 cm³/mol. The molecule has 0 nitrogen and oxygen atoms in total. The highest BCUT2D eigenvalue weighted by Crippen LogP contribution is 2.06. The number of fused-ring (bicyclic) bond motifs is 1. The maximum absolute atomic E-state index is 2.12. The Morgan fingerprint density at radius 3 is 0.412 bits per heavy atom. The van der Waals surface area contributed by atoms with E-state index in [-0.39, 0.29) is 0 Å². The van der Waals surface area contributed by atoms with Crippen molar-refractivity contribution in [2.75, 3.05) is 0 Å². The van der Waals surface area contributed by atoms with Gasteiger partial charge in [0.25, 0.3) is 0 Å². The average molecular weight is 441 g/mol. The molecule has 0 saturated carbocycles. The minimum atomic E-state index is 1.11.